The maximum absolute atomic E-state index is 5.21. The zero-order chi connectivity index (χ0) is 11.0. The van der Waals surface area contributed by atoms with Crippen LogP contribution in [0.4, 0.5) is 0 Å². The van der Waals surface area contributed by atoms with Crippen LogP contribution in [0.5, 0.6) is 0 Å². The van der Waals surface area contributed by atoms with Gasteiger partial charge in [-0.1, -0.05) is 30.4 Å². The molecule has 4 heteroatoms. The van der Waals surface area contributed by atoms with Crippen LogP contribution in [0.2, 0.25) is 0 Å². The van der Waals surface area contributed by atoms with Gasteiger partial charge in [-0.15, -0.1) is 0 Å². The Morgan fingerprint density at radius 3 is 2.75 bits per heavy atom. The number of fused-ring (bicyclic) bond motifs is 1. The molecular formula is C12H9N3S. The van der Waals surface area contributed by atoms with E-state index in [-0.39, 0.29) is 0 Å². The van der Waals surface area contributed by atoms with Crippen LogP contribution in [-0.2, 0) is 0 Å². The van der Waals surface area contributed by atoms with Crippen molar-refractivity contribution in [2.24, 2.45) is 0 Å². The van der Waals surface area contributed by atoms with Gasteiger partial charge in [0.25, 0.3) is 0 Å². The van der Waals surface area contributed by atoms with E-state index in [0.29, 0.717) is 0 Å². The Balaban J connectivity index is 2.34. The highest BCUT2D eigenvalue weighted by atomic mass is 32.1. The summed E-state index contributed by atoms with van der Waals surface area (Å²) >= 11 is 5.21. The van der Waals surface area contributed by atoms with Crippen molar-refractivity contribution < 1.29 is 0 Å². The molecule has 0 aliphatic carbocycles. The fourth-order valence-corrected chi connectivity index (χ4v) is 1.97. The van der Waals surface area contributed by atoms with Gasteiger partial charge in [0.05, 0.1) is 22.8 Å². The Kier molecular flexibility index (Phi) is 2.08. The molecule has 78 valence electrons. The summed E-state index contributed by atoms with van der Waals surface area (Å²) in [6, 6.07) is 12.0. The van der Waals surface area contributed by atoms with E-state index in [1.54, 1.807) is 6.20 Å². The monoisotopic (exact) mass is 227 g/mol. The lowest BCUT2D eigenvalue weighted by atomic mass is 10.3. The summed E-state index contributed by atoms with van der Waals surface area (Å²) in [6.07, 6.45) is 3.63. The van der Waals surface area contributed by atoms with Crippen LogP contribution < -0.4 is 0 Å². The molecule has 0 amide bonds. The van der Waals surface area contributed by atoms with Gasteiger partial charge in [-0.05, 0) is 18.2 Å². The first-order valence-corrected chi connectivity index (χ1v) is 5.38. The van der Waals surface area contributed by atoms with Crippen LogP contribution in [0.15, 0.2) is 48.8 Å². The lowest BCUT2D eigenvalue weighted by Gasteiger charge is -2.02. The summed E-state index contributed by atoms with van der Waals surface area (Å²) in [5.41, 5.74) is 2.06. The highest BCUT2D eigenvalue weighted by molar-refractivity contribution is 7.71. The molecule has 0 aliphatic rings. The first-order chi connectivity index (χ1) is 7.86. The number of para-hydroxylation sites is 1. The second-order valence-electron chi connectivity index (χ2n) is 3.50. The molecular weight excluding hydrogens is 218 g/mol. The third-order valence-corrected chi connectivity index (χ3v) is 2.85. The SMILES string of the molecule is S=c1[nH]ccc2c1cnn2-c1ccccc1. The molecule has 0 bridgehead atoms. The molecule has 0 saturated heterocycles. The standard InChI is InChI=1S/C12H9N3S/c16-12-10-8-14-15(11(10)6-7-13-12)9-4-2-1-3-5-9/h1-8H,(H,13,16). The Morgan fingerprint density at radius 2 is 1.94 bits per heavy atom. The van der Waals surface area contributed by atoms with Gasteiger partial charge < -0.3 is 4.98 Å². The van der Waals surface area contributed by atoms with Gasteiger partial charge in [-0.3, -0.25) is 0 Å². The maximum atomic E-state index is 5.21. The summed E-state index contributed by atoms with van der Waals surface area (Å²) in [6.45, 7) is 0. The van der Waals surface area contributed by atoms with E-state index >= 15 is 0 Å². The molecule has 0 saturated carbocycles. The normalized spacial score (nSPS) is 10.8. The Hall–Kier alpha value is -1.94. The topological polar surface area (TPSA) is 33.6 Å². The van der Waals surface area contributed by atoms with E-state index in [1.165, 1.54) is 0 Å². The Bertz CT molecular complexity index is 682. The molecule has 2 aromatic heterocycles. The molecule has 0 spiro atoms. The van der Waals surface area contributed by atoms with E-state index in [1.807, 2.05) is 47.3 Å². The summed E-state index contributed by atoms with van der Waals surface area (Å²) in [4.78, 5) is 3.00. The number of H-pyrrole nitrogens is 1. The number of hydrogen-bond donors (Lipinski definition) is 1. The summed E-state index contributed by atoms with van der Waals surface area (Å²) in [5, 5.41) is 5.33. The van der Waals surface area contributed by atoms with E-state index in [2.05, 4.69) is 10.1 Å². The predicted molar refractivity (Wildman–Crippen MR) is 66.3 cm³/mol. The van der Waals surface area contributed by atoms with Crippen LogP contribution in [0.25, 0.3) is 16.6 Å². The molecule has 3 aromatic rings. The van der Waals surface area contributed by atoms with E-state index < -0.39 is 0 Å². The Labute approximate surface area is 97.4 Å². The number of benzene rings is 1. The van der Waals surface area contributed by atoms with E-state index in [9.17, 15) is 0 Å². The van der Waals surface area contributed by atoms with Crippen LogP contribution in [0.3, 0.4) is 0 Å². The van der Waals surface area contributed by atoms with Crippen molar-refractivity contribution in [3.8, 4) is 5.69 Å². The number of aromatic nitrogens is 3. The zero-order valence-electron chi connectivity index (χ0n) is 8.42. The summed E-state index contributed by atoms with van der Waals surface area (Å²) in [5.74, 6) is 0. The first kappa shape index (κ1) is 9.30. The number of nitrogens with one attached hydrogen (secondary N) is 1. The summed E-state index contributed by atoms with van der Waals surface area (Å²) < 4.78 is 2.61. The second kappa shape index (κ2) is 3.57. The van der Waals surface area contributed by atoms with Crippen molar-refractivity contribution in [3.05, 3.63) is 53.4 Å². The molecule has 1 N–H and O–H groups in total. The lowest BCUT2D eigenvalue weighted by molar-refractivity contribution is 0.910. The number of pyridine rings is 1. The van der Waals surface area contributed by atoms with Gasteiger partial charge in [0.15, 0.2) is 0 Å². The van der Waals surface area contributed by atoms with Crippen LogP contribution in [0, 0.1) is 4.64 Å². The van der Waals surface area contributed by atoms with Crippen molar-refractivity contribution in [3.63, 3.8) is 0 Å². The van der Waals surface area contributed by atoms with E-state index in [4.69, 9.17) is 12.2 Å². The molecule has 0 atom stereocenters. The van der Waals surface area contributed by atoms with Gasteiger partial charge in [-0.25, -0.2) is 4.68 Å². The number of rotatable bonds is 1. The zero-order valence-corrected chi connectivity index (χ0v) is 9.24. The third kappa shape index (κ3) is 1.35. The van der Waals surface area contributed by atoms with Crippen molar-refractivity contribution in [2.75, 3.05) is 0 Å². The fraction of sp³-hybridized carbons (Fsp3) is 0. The smallest absolute Gasteiger partial charge is 0.114 e. The highest BCUT2D eigenvalue weighted by Crippen LogP contribution is 2.17. The largest absolute Gasteiger partial charge is 0.352 e. The first-order valence-electron chi connectivity index (χ1n) is 4.97. The number of hydrogen-bond acceptors (Lipinski definition) is 2. The summed E-state index contributed by atoms with van der Waals surface area (Å²) in [7, 11) is 0. The highest BCUT2D eigenvalue weighted by Gasteiger charge is 2.04. The van der Waals surface area contributed by atoms with Gasteiger partial charge in [-0.2, -0.15) is 5.10 Å². The van der Waals surface area contributed by atoms with Gasteiger partial charge in [0.2, 0.25) is 0 Å². The van der Waals surface area contributed by atoms with Crippen molar-refractivity contribution in [1.82, 2.24) is 14.8 Å². The van der Waals surface area contributed by atoms with Gasteiger partial charge in [0.1, 0.15) is 4.64 Å². The van der Waals surface area contributed by atoms with Crippen LogP contribution >= 0.6 is 12.2 Å². The minimum Gasteiger partial charge on any atom is -0.352 e. The van der Waals surface area contributed by atoms with Crippen molar-refractivity contribution in [2.45, 2.75) is 0 Å². The van der Waals surface area contributed by atoms with Crippen LogP contribution in [-0.4, -0.2) is 14.8 Å². The Morgan fingerprint density at radius 1 is 1.12 bits per heavy atom. The molecule has 1 aromatic carbocycles. The van der Waals surface area contributed by atoms with Crippen molar-refractivity contribution >= 4 is 23.1 Å². The minimum atomic E-state index is 0.722. The number of aromatic amines is 1. The average molecular weight is 227 g/mol. The number of nitrogens with zero attached hydrogens (tertiary/aromatic N) is 2. The molecule has 0 radical (unpaired) electrons. The second-order valence-corrected chi connectivity index (χ2v) is 3.91. The lowest BCUT2D eigenvalue weighted by Crippen LogP contribution is -1.94. The van der Waals surface area contributed by atoms with Gasteiger partial charge in [0, 0.05) is 6.20 Å². The maximum Gasteiger partial charge on any atom is 0.114 e. The van der Waals surface area contributed by atoms with E-state index in [0.717, 1.165) is 21.2 Å². The average Bonchev–Trinajstić information content (AvgIpc) is 2.75. The van der Waals surface area contributed by atoms with Gasteiger partial charge >= 0.3 is 0 Å². The molecule has 3 nitrogen and oxygen atoms in total. The molecule has 0 fully saturated rings. The van der Waals surface area contributed by atoms with Crippen molar-refractivity contribution in [1.29, 1.82) is 0 Å². The van der Waals surface area contributed by atoms with Crippen LogP contribution in [0.1, 0.15) is 0 Å². The molecule has 3 rings (SSSR count). The molecule has 0 aliphatic heterocycles. The minimum absolute atomic E-state index is 0.722. The predicted octanol–water partition coefficient (Wildman–Crippen LogP) is 3.08. The quantitative estimate of drug-likeness (QED) is 0.648. The molecule has 2 heterocycles. The fourth-order valence-electron chi connectivity index (χ4n) is 1.74. The molecule has 0 unspecified atom stereocenters. The third-order valence-electron chi connectivity index (χ3n) is 2.51. The molecule has 16 heavy (non-hydrogen) atoms.